The summed E-state index contributed by atoms with van der Waals surface area (Å²) in [4.78, 5) is 12.6. The van der Waals surface area contributed by atoms with E-state index < -0.39 is 19.8 Å². The molecule has 0 aromatic heterocycles. The number of carbonyl (C=O) groups is 1. The van der Waals surface area contributed by atoms with Crippen molar-refractivity contribution in [3.05, 3.63) is 89.7 Å². The summed E-state index contributed by atoms with van der Waals surface area (Å²) in [6, 6.07) is 17.2. The first-order valence-corrected chi connectivity index (χ1v) is 11.7. The Labute approximate surface area is 184 Å². The molecule has 0 spiro atoms. The molecule has 6 nitrogen and oxygen atoms in total. The van der Waals surface area contributed by atoms with Crippen LogP contribution < -0.4 is 9.61 Å². The second kappa shape index (κ2) is 12.1. The van der Waals surface area contributed by atoms with E-state index in [1.54, 1.807) is 44.2 Å². The maximum absolute atomic E-state index is 13.7. The van der Waals surface area contributed by atoms with E-state index in [1.165, 1.54) is 0 Å². The summed E-state index contributed by atoms with van der Waals surface area (Å²) in [7, 11) is -3.98. The minimum Gasteiger partial charge on any atom is -0.465 e. The molecule has 0 fully saturated rings. The third kappa shape index (κ3) is 8.83. The lowest BCUT2D eigenvalue weighted by molar-refractivity contribution is -0.145. The Balaban J connectivity index is 2.33. The standard InChI is InChI=1S/C24H30NO5P/c1-5-28-24(26)23(18-21-12-8-6-9-13-21)25-31(27,29-20(4)17-16-19(2)3)30-22-14-10-7-11-15-22/h6-17,23H,5,18H2,1-4H3,(H,25,27). The zero-order valence-corrected chi connectivity index (χ0v) is 19.3. The highest BCUT2D eigenvalue weighted by Crippen LogP contribution is 2.47. The number of nitrogens with one attached hydrogen (secondary N) is 1. The van der Waals surface area contributed by atoms with Crippen molar-refractivity contribution < 1.29 is 23.1 Å². The highest BCUT2D eigenvalue weighted by molar-refractivity contribution is 7.52. The van der Waals surface area contributed by atoms with Gasteiger partial charge < -0.3 is 13.8 Å². The van der Waals surface area contributed by atoms with Crippen molar-refractivity contribution in [1.29, 1.82) is 0 Å². The fourth-order valence-electron chi connectivity index (χ4n) is 2.66. The van der Waals surface area contributed by atoms with Crippen LogP contribution in [-0.4, -0.2) is 18.6 Å². The maximum atomic E-state index is 13.7. The van der Waals surface area contributed by atoms with Crippen molar-refractivity contribution in [1.82, 2.24) is 5.09 Å². The van der Waals surface area contributed by atoms with E-state index in [0.717, 1.165) is 11.1 Å². The summed E-state index contributed by atoms with van der Waals surface area (Å²) in [5.74, 6) is 0.212. The molecule has 2 rings (SSSR count). The molecule has 0 bridgehead atoms. The molecule has 0 aliphatic carbocycles. The lowest BCUT2D eigenvalue weighted by Crippen LogP contribution is -2.39. The van der Waals surface area contributed by atoms with Gasteiger partial charge in [-0.1, -0.05) is 60.2 Å². The number of rotatable bonds is 11. The molecule has 2 atom stereocenters. The summed E-state index contributed by atoms with van der Waals surface area (Å²) in [6.45, 7) is 7.49. The molecule has 0 saturated carbocycles. The van der Waals surface area contributed by atoms with Crippen LogP contribution in [0.2, 0.25) is 0 Å². The Hall–Kier alpha value is -2.82. The van der Waals surface area contributed by atoms with E-state index in [-0.39, 0.29) is 13.0 Å². The van der Waals surface area contributed by atoms with Gasteiger partial charge in [-0.3, -0.25) is 4.79 Å². The lowest BCUT2D eigenvalue weighted by Gasteiger charge is -2.25. The average molecular weight is 443 g/mol. The minimum atomic E-state index is -3.98. The Kier molecular flexibility index (Phi) is 9.57. The van der Waals surface area contributed by atoms with Gasteiger partial charge in [0.1, 0.15) is 17.6 Å². The Morgan fingerprint density at radius 1 is 1.00 bits per heavy atom. The van der Waals surface area contributed by atoms with Crippen LogP contribution in [0.25, 0.3) is 0 Å². The van der Waals surface area contributed by atoms with Gasteiger partial charge in [0.2, 0.25) is 0 Å². The van der Waals surface area contributed by atoms with E-state index in [2.05, 4.69) is 5.09 Å². The predicted octanol–water partition coefficient (Wildman–Crippen LogP) is 5.82. The molecule has 7 heteroatoms. The van der Waals surface area contributed by atoms with Crippen LogP contribution in [-0.2, 0) is 25.0 Å². The monoisotopic (exact) mass is 443 g/mol. The van der Waals surface area contributed by atoms with Crippen molar-refractivity contribution >= 4 is 13.7 Å². The molecular formula is C24H30NO5P. The van der Waals surface area contributed by atoms with Gasteiger partial charge in [0.15, 0.2) is 0 Å². The van der Waals surface area contributed by atoms with E-state index in [9.17, 15) is 9.36 Å². The topological polar surface area (TPSA) is 73.9 Å². The molecule has 0 saturated heterocycles. The number of hydrogen-bond acceptors (Lipinski definition) is 5. The highest BCUT2D eigenvalue weighted by atomic mass is 31.2. The second-order valence-electron chi connectivity index (χ2n) is 7.14. The molecule has 2 aromatic rings. The van der Waals surface area contributed by atoms with E-state index >= 15 is 0 Å². The van der Waals surface area contributed by atoms with Gasteiger partial charge in [-0.15, -0.1) is 0 Å². The maximum Gasteiger partial charge on any atom is 0.513 e. The van der Waals surface area contributed by atoms with Gasteiger partial charge in [0, 0.05) is 0 Å². The summed E-state index contributed by atoms with van der Waals surface area (Å²) in [6.07, 6.45) is 3.81. The molecule has 0 amide bonds. The highest BCUT2D eigenvalue weighted by Gasteiger charge is 2.35. The zero-order chi connectivity index (χ0) is 22.7. The van der Waals surface area contributed by atoms with Crippen LogP contribution in [0.5, 0.6) is 5.75 Å². The first-order chi connectivity index (χ1) is 14.8. The molecule has 0 heterocycles. The molecule has 31 heavy (non-hydrogen) atoms. The summed E-state index contributed by atoms with van der Waals surface area (Å²) in [5, 5.41) is 2.81. The van der Waals surface area contributed by atoms with Crippen molar-refractivity contribution in [2.24, 2.45) is 0 Å². The Bertz CT molecular complexity index is 937. The second-order valence-corrected chi connectivity index (χ2v) is 8.76. The molecule has 166 valence electrons. The van der Waals surface area contributed by atoms with Gasteiger partial charge in [-0.05, 0) is 57.9 Å². The van der Waals surface area contributed by atoms with E-state index in [4.69, 9.17) is 13.8 Å². The number of esters is 1. The zero-order valence-electron chi connectivity index (χ0n) is 18.4. The van der Waals surface area contributed by atoms with Crippen LogP contribution in [0.4, 0.5) is 0 Å². The SMILES string of the molecule is CCOC(=O)C(Cc1ccccc1)NP(=O)(OC(C)=CC=C(C)C)Oc1ccccc1. The van der Waals surface area contributed by atoms with Crippen LogP contribution in [0, 0.1) is 0 Å². The average Bonchev–Trinajstić information content (AvgIpc) is 2.73. The van der Waals surface area contributed by atoms with Crippen molar-refractivity contribution in [3.8, 4) is 5.75 Å². The van der Waals surface area contributed by atoms with Gasteiger partial charge >= 0.3 is 13.7 Å². The first kappa shape index (κ1) is 24.4. The number of allylic oxidation sites excluding steroid dienone is 4. The predicted molar refractivity (Wildman–Crippen MR) is 123 cm³/mol. The smallest absolute Gasteiger partial charge is 0.465 e. The number of benzene rings is 2. The third-order valence-corrected chi connectivity index (χ3v) is 5.66. The number of carbonyl (C=O) groups excluding carboxylic acids is 1. The van der Waals surface area contributed by atoms with Crippen molar-refractivity contribution in [3.63, 3.8) is 0 Å². The number of hydrogen-bond donors (Lipinski definition) is 1. The molecule has 2 aromatic carbocycles. The quantitative estimate of drug-likeness (QED) is 0.204. The number of para-hydroxylation sites is 1. The van der Waals surface area contributed by atoms with Crippen molar-refractivity contribution in [2.75, 3.05) is 6.61 Å². The molecule has 0 aliphatic heterocycles. The van der Waals surface area contributed by atoms with E-state index in [0.29, 0.717) is 11.5 Å². The van der Waals surface area contributed by atoms with Crippen LogP contribution in [0.3, 0.4) is 0 Å². The fourth-order valence-corrected chi connectivity index (χ4v) is 4.22. The largest absolute Gasteiger partial charge is 0.513 e. The summed E-state index contributed by atoms with van der Waals surface area (Å²) >= 11 is 0. The van der Waals surface area contributed by atoms with Gasteiger partial charge in [0.05, 0.1) is 6.61 Å². The Morgan fingerprint density at radius 3 is 2.19 bits per heavy atom. The minimum absolute atomic E-state index is 0.204. The van der Waals surface area contributed by atoms with Crippen LogP contribution in [0.15, 0.2) is 84.1 Å². The van der Waals surface area contributed by atoms with Crippen LogP contribution in [0.1, 0.15) is 33.3 Å². The fraction of sp³-hybridized carbons (Fsp3) is 0.292. The molecule has 0 aliphatic rings. The van der Waals surface area contributed by atoms with Gasteiger partial charge in [-0.25, -0.2) is 4.57 Å². The van der Waals surface area contributed by atoms with Gasteiger partial charge in [-0.2, -0.15) is 5.09 Å². The Morgan fingerprint density at radius 2 is 1.61 bits per heavy atom. The van der Waals surface area contributed by atoms with Crippen molar-refractivity contribution in [2.45, 2.75) is 40.2 Å². The first-order valence-electron chi connectivity index (χ1n) is 10.2. The molecule has 2 unspecified atom stereocenters. The normalized spacial score (nSPS) is 14.1. The van der Waals surface area contributed by atoms with Crippen LogP contribution >= 0.6 is 7.75 Å². The van der Waals surface area contributed by atoms with Gasteiger partial charge in [0.25, 0.3) is 0 Å². The van der Waals surface area contributed by atoms with E-state index in [1.807, 2.05) is 56.3 Å². The summed E-state index contributed by atoms with van der Waals surface area (Å²) in [5.41, 5.74) is 1.94. The molecule has 1 N–H and O–H groups in total. The third-order valence-electron chi connectivity index (χ3n) is 4.05. The lowest BCUT2D eigenvalue weighted by atomic mass is 10.1. The summed E-state index contributed by atoms with van der Waals surface area (Å²) < 4.78 is 30.4. The molecule has 0 radical (unpaired) electrons. The molecular weight excluding hydrogens is 413 g/mol. The number of ether oxygens (including phenoxy) is 1.